The van der Waals surface area contributed by atoms with Gasteiger partial charge in [0.15, 0.2) is 6.61 Å². The molecule has 0 unspecified atom stereocenters. The van der Waals surface area contributed by atoms with Crippen LogP contribution in [0.3, 0.4) is 0 Å². The van der Waals surface area contributed by atoms with Gasteiger partial charge in [0.2, 0.25) is 0 Å². The normalized spacial score (nSPS) is 10.4. The molecule has 1 amide bonds. The van der Waals surface area contributed by atoms with E-state index in [-0.39, 0.29) is 18.3 Å². The highest BCUT2D eigenvalue weighted by atomic mass is 19.1. The first-order valence-corrected chi connectivity index (χ1v) is 6.93. The summed E-state index contributed by atoms with van der Waals surface area (Å²) in [7, 11) is 1.71. The summed E-state index contributed by atoms with van der Waals surface area (Å²) in [4.78, 5) is 13.2. The van der Waals surface area contributed by atoms with Crippen molar-refractivity contribution in [3.63, 3.8) is 0 Å². The van der Waals surface area contributed by atoms with E-state index in [2.05, 4.69) is 12.2 Å². The molecule has 20 heavy (non-hydrogen) atoms. The number of benzene rings is 1. The largest absolute Gasteiger partial charge is 0.484 e. The average Bonchev–Trinajstić information content (AvgIpc) is 2.43. The second-order valence-electron chi connectivity index (χ2n) is 4.67. The van der Waals surface area contributed by atoms with Gasteiger partial charge in [-0.25, -0.2) is 4.39 Å². The fourth-order valence-electron chi connectivity index (χ4n) is 1.65. The number of halogens is 1. The molecule has 0 atom stereocenters. The number of amides is 1. The molecule has 0 aliphatic heterocycles. The predicted octanol–water partition coefficient (Wildman–Crippen LogP) is 2.18. The minimum Gasteiger partial charge on any atom is -0.484 e. The molecular formula is C15H23FN2O2. The third-order valence-corrected chi connectivity index (χ3v) is 2.95. The van der Waals surface area contributed by atoms with Crippen LogP contribution in [0.1, 0.15) is 25.8 Å². The second-order valence-corrected chi connectivity index (χ2v) is 4.67. The monoisotopic (exact) mass is 282 g/mol. The first kappa shape index (κ1) is 16.4. The summed E-state index contributed by atoms with van der Waals surface area (Å²) in [6, 6.07) is 4.52. The zero-order valence-corrected chi connectivity index (χ0v) is 12.4. The SMILES string of the molecule is CCCNCc1cc(F)cc(OCC(=O)N(C)CC)c1. The van der Waals surface area contributed by atoms with Crippen LogP contribution in [-0.4, -0.2) is 37.6 Å². The standard InChI is InChI=1S/C15H23FN2O2/c1-4-6-17-10-12-7-13(16)9-14(8-12)20-11-15(19)18(3)5-2/h7-9,17H,4-6,10-11H2,1-3H3. The van der Waals surface area contributed by atoms with Crippen molar-refractivity contribution in [2.75, 3.05) is 26.7 Å². The van der Waals surface area contributed by atoms with E-state index in [1.807, 2.05) is 6.92 Å². The van der Waals surface area contributed by atoms with Gasteiger partial charge in [-0.2, -0.15) is 0 Å². The number of likely N-dealkylation sites (N-methyl/N-ethyl adjacent to an activating group) is 1. The summed E-state index contributed by atoms with van der Waals surface area (Å²) in [5.74, 6) is -0.0920. The number of hydrogen-bond acceptors (Lipinski definition) is 3. The molecule has 1 N–H and O–H groups in total. The second kappa shape index (κ2) is 8.53. The number of carbonyl (C=O) groups is 1. The zero-order chi connectivity index (χ0) is 15.0. The molecule has 4 nitrogen and oxygen atoms in total. The molecule has 0 aliphatic carbocycles. The Balaban J connectivity index is 2.59. The van der Waals surface area contributed by atoms with Gasteiger partial charge >= 0.3 is 0 Å². The minimum absolute atomic E-state index is 0.0738. The molecule has 1 aromatic carbocycles. The fraction of sp³-hybridized carbons (Fsp3) is 0.533. The average molecular weight is 282 g/mol. The highest BCUT2D eigenvalue weighted by Gasteiger charge is 2.08. The summed E-state index contributed by atoms with van der Waals surface area (Å²) < 4.78 is 18.8. The van der Waals surface area contributed by atoms with Crippen molar-refractivity contribution in [3.8, 4) is 5.75 Å². The van der Waals surface area contributed by atoms with Crippen molar-refractivity contribution in [1.82, 2.24) is 10.2 Å². The molecule has 1 aromatic rings. The third-order valence-electron chi connectivity index (χ3n) is 2.95. The highest BCUT2D eigenvalue weighted by molar-refractivity contribution is 5.77. The maximum absolute atomic E-state index is 13.5. The van der Waals surface area contributed by atoms with Crippen LogP contribution in [0.5, 0.6) is 5.75 Å². The molecule has 1 rings (SSSR count). The van der Waals surface area contributed by atoms with E-state index < -0.39 is 0 Å². The van der Waals surface area contributed by atoms with Crippen molar-refractivity contribution in [1.29, 1.82) is 0 Å². The first-order chi connectivity index (χ1) is 9.56. The van der Waals surface area contributed by atoms with E-state index >= 15 is 0 Å². The lowest BCUT2D eigenvalue weighted by Crippen LogP contribution is -2.31. The molecule has 0 bridgehead atoms. The molecule has 0 aromatic heterocycles. The molecule has 0 aliphatic rings. The van der Waals surface area contributed by atoms with Crippen LogP contribution in [0.4, 0.5) is 4.39 Å². The van der Waals surface area contributed by atoms with Gasteiger partial charge in [0.25, 0.3) is 5.91 Å². The Bertz CT molecular complexity index is 438. The van der Waals surface area contributed by atoms with Crippen LogP contribution in [0.2, 0.25) is 0 Å². The van der Waals surface area contributed by atoms with E-state index in [9.17, 15) is 9.18 Å². The number of nitrogens with one attached hydrogen (secondary N) is 1. The number of nitrogens with zero attached hydrogens (tertiary/aromatic N) is 1. The number of carbonyl (C=O) groups excluding carboxylic acids is 1. The Morgan fingerprint density at radius 1 is 1.35 bits per heavy atom. The van der Waals surface area contributed by atoms with E-state index in [0.717, 1.165) is 18.5 Å². The Morgan fingerprint density at radius 3 is 2.75 bits per heavy atom. The maximum atomic E-state index is 13.5. The Kier molecular flexibility index (Phi) is 7.01. The minimum atomic E-state index is -0.355. The smallest absolute Gasteiger partial charge is 0.260 e. The van der Waals surface area contributed by atoms with Gasteiger partial charge in [-0.1, -0.05) is 6.92 Å². The van der Waals surface area contributed by atoms with E-state index in [0.29, 0.717) is 18.8 Å². The van der Waals surface area contributed by atoms with E-state index in [1.165, 1.54) is 12.1 Å². The molecule has 0 fully saturated rings. The van der Waals surface area contributed by atoms with Gasteiger partial charge in [0, 0.05) is 26.2 Å². The Morgan fingerprint density at radius 2 is 2.10 bits per heavy atom. The van der Waals surface area contributed by atoms with Crippen LogP contribution >= 0.6 is 0 Å². The molecule has 0 heterocycles. The van der Waals surface area contributed by atoms with Crippen LogP contribution in [0, 0.1) is 5.82 Å². The highest BCUT2D eigenvalue weighted by Crippen LogP contribution is 2.16. The summed E-state index contributed by atoms with van der Waals surface area (Å²) in [6.07, 6.45) is 1.02. The fourth-order valence-corrected chi connectivity index (χ4v) is 1.65. The predicted molar refractivity (Wildman–Crippen MR) is 77.2 cm³/mol. The van der Waals surface area contributed by atoms with Crippen molar-refractivity contribution in [2.24, 2.45) is 0 Å². The van der Waals surface area contributed by atoms with Gasteiger partial charge in [-0.15, -0.1) is 0 Å². The summed E-state index contributed by atoms with van der Waals surface area (Å²) in [6.45, 7) is 5.98. The van der Waals surface area contributed by atoms with Gasteiger partial charge in [0.05, 0.1) is 0 Å². The van der Waals surface area contributed by atoms with Gasteiger partial charge in [-0.05, 0) is 37.6 Å². The first-order valence-electron chi connectivity index (χ1n) is 6.93. The van der Waals surface area contributed by atoms with Crippen LogP contribution in [-0.2, 0) is 11.3 Å². The molecule has 5 heteroatoms. The maximum Gasteiger partial charge on any atom is 0.260 e. The lowest BCUT2D eigenvalue weighted by Gasteiger charge is -2.15. The van der Waals surface area contributed by atoms with Crippen molar-refractivity contribution in [2.45, 2.75) is 26.8 Å². The quantitative estimate of drug-likeness (QED) is 0.743. The van der Waals surface area contributed by atoms with Gasteiger partial charge in [0.1, 0.15) is 11.6 Å². The third kappa shape index (κ3) is 5.57. The number of hydrogen-bond donors (Lipinski definition) is 1. The topological polar surface area (TPSA) is 41.6 Å². The van der Waals surface area contributed by atoms with Crippen LogP contribution in [0.15, 0.2) is 18.2 Å². The van der Waals surface area contributed by atoms with Crippen LogP contribution < -0.4 is 10.1 Å². The van der Waals surface area contributed by atoms with Crippen LogP contribution in [0.25, 0.3) is 0 Å². The zero-order valence-electron chi connectivity index (χ0n) is 12.4. The lowest BCUT2D eigenvalue weighted by atomic mass is 10.2. The Hall–Kier alpha value is -1.62. The summed E-state index contributed by atoms with van der Waals surface area (Å²) in [5, 5.41) is 3.20. The molecule has 0 radical (unpaired) electrons. The summed E-state index contributed by atoms with van der Waals surface area (Å²) >= 11 is 0. The molecule has 0 saturated carbocycles. The summed E-state index contributed by atoms with van der Waals surface area (Å²) in [5.41, 5.74) is 0.810. The van der Waals surface area contributed by atoms with Gasteiger partial charge in [-0.3, -0.25) is 4.79 Å². The van der Waals surface area contributed by atoms with Gasteiger partial charge < -0.3 is 15.0 Å². The number of ether oxygens (including phenoxy) is 1. The van der Waals surface area contributed by atoms with E-state index in [1.54, 1.807) is 18.0 Å². The molecular weight excluding hydrogens is 259 g/mol. The Labute approximate surface area is 119 Å². The number of rotatable bonds is 8. The van der Waals surface area contributed by atoms with Crippen molar-refractivity contribution >= 4 is 5.91 Å². The lowest BCUT2D eigenvalue weighted by molar-refractivity contribution is -0.131. The molecule has 112 valence electrons. The van der Waals surface area contributed by atoms with E-state index in [4.69, 9.17) is 4.74 Å². The molecule has 0 spiro atoms. The van der Waals surface area contributed by atoms with Crippen molar-refractivity contribution in [3.05, 3.63) is 29.6 Å². The molecule has 0 saturated heterocycles. The van der Waals surface area contributed by atoms with Crippen molar-refractivity contribution < 1.29 is 13.9 Å².